The molecule has 1 aliphatic heterocycles. The number of hydrogen-bond acceptors (Lipinski definition) is 4. The SMILES string of the molecule is CN=C(NCCCc1nnc(SC)n1CC(C)C)N1CCCC(C)C1. The van der Waals surface area contributed by atoms with Gasteiger partial charge in [0.05, 0.1) is 0 Å². The molecule has 2 heterocycles. The van der Waals surface area contributed by atoms with E-state index in [-0.39, 0.29) is 0 Å². The minimum atomic E-state index is 0.596. The Kier molecular flexibility index (Phi) is 8.06. The summed E-state index contributed by atoms with van der Waals surface area (Å²) in [6, 6.07) is 0. The fourth-order valence-electron chi connectivity index (χ4n) is 3.36. The number of aryl methyl sites for hydroxylation is 1. The molecule has 142 valence electrons. The molecule has 0 radical (unpaired) electrons. The number of guanidine groups is 1. The second-order valence-corrected chi connectivity index (χ2v) is 8.15. The molecule has 0 bridgehead atoms. The molecule has 1 saturated heterocycles. The molecule has 6 nitrogen and oxygen atoms in total. The van der Waals surface area contributed by atoms with E-state index in [0.29, 0.717) is 5.92 Å². The van der Waals surface area contributed by atoms with Gasteiger partial charge in [-0.3, -0.25) is 4.99 Å². The van der Waals surface area contributed by atoms with Crippen LogP contribution in [-0.4, -0.2) is 58.6 Å². The molecular weight excluding hydrogens is 332 g/mol. The Morgan fingerprint density at radius 1 is 1.40 bits per heavy atom. The summed E-state index contributed by atoms with van der Waals surface area (Å²) in [4.78, 5) is 6.85. The lowest BCUT2D eigenvalue weighted by molar-refractivity contribution is 0.266. The van der Waals surface area contributed by atoms with Crippen LogP contribution in [0.1, 0.15) is 45.9 Å². The maximum atomic E-state index is 4.46. The topological polar surface area (TPSA) is 58.3 Å². The number of likely N-dealkylation sites (tertiary alicyclic amines) is 1. The van der Waals surface area contributed by atoms with Crippen LogP contribution in [0.15, 0.2) is 10.1 Å². The van der Waals surface area contributed by atoms with E-state index in [0.717, 1.165) is 61.9 Å². The van der Waals surface area contributed by atoms with Gasteiger partial charge in [-0.1, -0.05) is 32.5 Å². The standard InChI is InChI=1S/C18H34N6S/c1-14(2)12-24-16(21-22-18(24)25-5)9-6-10-20-17(19-4)23-11-7-8-15(3)13-23/h14-15H,6-13H2,1-5H3,(H,19,20). The minimum absolute atomic E-state index is 0.596. The fourth-order valence-corrected chi connectivity index (χ4v) is 3.89. The summed E-state index contributed by atoms with van der Waals surface area (Å²) < 4.78 is 2.27. The van der Waals surface area contributed by atoms with Gasteiger partial charge in [0.1, 0.15) is 5.82 Å². The third kappa shape index (κ3) is 5.90. The fraction of sp³-hybridized carbons (Fsp3) is 0.833. The summed E-state index contributed by atoms with van der Waals surface area (Å²) in [5.41, 5.74) is 0. The maximum absolute atomic E-state index is 4.46. The first-order chi connectivity index (χ1) is 12.0. The van der Waals surface area contributed by atoms with Crippen LogP contribution in [0.3, 0.4) is 0 Å². The van der Waals surface area contributed by atoms with Gasteiger partial charge >= 0.3 is 0 Å². The zero-order valence-corrected chi connectivity index (χ0v) is 17.3. The van der Waals surface area contributed by atoms with Crippen LogP contribution in [0.4, 0.5) is 0 Å². The van der Waals surface area contributed by atoms with Crippen LogP contribution < -0.4 is 5.32 Å². The predicted octanol–water partition coefficient (Wildman–Crippen LogP) is 2.90. The summed E-state index contributed by atoms with van der Waals surface area (Å²) in [5.74, 6) is 3.49. The Labute approximate surface area is 156 Å². The Morgan fingerprint density at radius 3 is 2.84 bits per heavy atom. The lowest BCUT2D eigenvalue weighted by Gasteiger charge is -2.33. The van der Waals surface area contributed by atoms with Crippen LogP contribution in [0, 0.1) is 11.8 Å². The van der Waals surface area contributed by atoms with Gasteiger partial charge in [0.15, 0.2) is 11.1 Å². The van der Waals surface area contributed by atoms with Crippen molar-refractivity contribution in [2.75, 3.05) is 32.9 Å². The Balaban J connectivity index is 1.83. The molecular formula is C18H34N6S. The van der Waals surface area contributed by atoms with Gasteiger partial charge in [-0.05, 0) is 37.4 Å². The zero-order chi connectivity index (χ0) is 18.2. The molecule has 1 aliphatic rings. The lowest BCUT2D eigenvalue weighted by Crippen LogP contribution is -2.46. The number of hydrogen-bond donors (Lipinski definition) is 1. The minimum Gasteiger partial charge on any atom is -0.356 e. The highest BCUT2D eigenvalue weighted by atomic mass is 32.2. The normalized spacial score (nSPS) is 18.9. The highest BCUT2D eigenvalue weighted by molar-refractivity contribution is 7.98. The van der Waals surface area contributed by atoms with Gasteiger partial charge < -0.3 is 14.8 Å². The number of rotatable bonds is 7. The van der Waals surface area contributed by atoms with E-state index >= 15 is 0 Å². The molecule has 25 heavy (non-hydrogen) atoms. The smallest absolute Gasteiger partial charge is 0.193 e. The van der Waals surface area contributed by atoms with Crippen molar-refractivity contribution in [1.82, 2.24) is 25.0 Å². The third-order valence-electron chi connectivity index (χ3n) is 4.55. The van der Waals surface area contributed by atoms with E-state index in [1.54, 1.807) is 11.8 Å². The van der Waals surface area contributed by atoms with Crippen molar-refractivity contribution in [3.63, 3.8) is 0 Å². The monoisotopic (exact) mass is 366 g/mol. The van der Waals surface area contributed by atoms with Crippen LogP contribution in [-0.2, 0) is 13.0 Å². The van der Waals surface area contributed by atoms with Gasteiger partial charge in [-0.25, -0.2) is 0 Å². The highest BCUT2D eigenvalue weighted by Gasteiger charge is 2.19. The van der Waals surface area contributed by atoms with Crippen LogP contribution >= 0.6 is 11.8 Å². The molecule has 1 atom stereocenters. The van der Waals surface area contributed by atoms with Gasteiger partial charge in [-0.15, -0.1) is 10.2 Å². The van der Waals surface area contributed by atoms with E-state index in [9.17, 15) is 0 Å². The van der Waals surface area contributed by atoms with E-state index in [1.807, 2.05) is 7.05 Å². The summed E-state index contributed by atoms with van der Waals surface area (Å²) in [7, 11) is 1.88. The van der Waals surface area contributed by atoms with Crippen molar-refractivity contribution in [3.8, 4) is 0 Å². The summed E-state index contributed by atoms with van der Waals surface area (Å²) in [6.07, 6.45) is 6.64. The lowest BCUT2D eigenvalue weighted by atomic mass is 10.0. The van der Waals surface area contributed by atoms with Crippen LogP contribution in [0.2, 0.25) is 0 Å². The van der Waals surface area contributed by atoms with Gasteiger partial charge in [0, 0.05) is 39.6 Å². The largest absolute Gasteiger partial charge is 0.356 e. The van der Waals surface area contributed by atoms with Gasteiger partial charge in [0.2, 0.25) is 0 Å². The van der Waals surface area contributed by atoms with Gasteiger partial charge in [0.25, 0.3) is 0 Å². The number of nitrogens with one attached hydrogen (secondary N) is 1. The van der Waals surface area contributed by atoms with Crippen LogP contribution in [0.25, 0.3) is 0 Å². The Hall–Kier alpha value is -1.24. The van der Waals surface area contributed by atoms with Crippen LogP contribution in [0.5, 0.6) is 0 Å². The molecule has 1 N–H and O–H groups in total. The second kappa shape index (κ2) is 10.0. The molecule has 7 heteroatoms. The van der Waals surface area contributed by atoms with E-state index in [1.165, 1.54) is 12.8 Å². The highest BCUT2D eigenvalue weighted by Crippen LogP contribution is 2.17. The molecule has 1 aromatic heterocycles. The first kappa shape index (κ1) is 20.1. The Bertz CT molecular complexity index is 554. The molecule has 0 spiro atoms. The number of piperidine rings is 1. The molecule has 2 rings (SSSR count). The zero-order valence-electron chi connectivity index (χ0n) is 16.5. The van der Waals surface area contributed by atoms with Crippen molar-refractivity contribution < 1.29 is 0 Å². The molecule has 0 saturated carbocycles. The summed E-state index contributed by atoms with van der Waals surface area (Å²) >= 11 is 1.67. The molecule has 1 fully saturated rings. The number of nitrogens with zero attached hydrogens (tertiary/aromatic N) is 5. The molecule has 0 aliphatic carbocycles. The van der Waals surface area contributed by atoms with Crippen molar-refractivity contribution in [2.24, 2.45) is 16.8 Å². The first-order valence-corrected chi connectivity index (χ1v) is 10.7. The first-order valence-electron chi connectivity index (χ1n) is 9.46. The Morgan fingerprint density at radius 2 is 2.20 bits per heavy atom. The quantitative estimate of drug-likeness (QED) is 0.348. The van der Waals surface area contributed by atoms with Gasteiger partial charge in [-0.2, -0.15) is 0 Å². The maximum Gasteiger partial charge on any atom is 0.193 e. The molecule has 1 unspecified atom stereocenters. The second-order valence-electron chi connectivity index (χ2n) is 7.38. The van der Waals surface area contributed by atoms with Crippen molar-refractivity contribution in [3.05, 3.63) is 5.82 Å². The average molecular weight is 367 g/mol. The molecule has 1 aromatic rings. The summed E-state index contributed by atoms with van der Waals surface area (Å²) in [5, 5.41) is 13.3. The van der Waals surface area contributed by atoms with Crippen molar-refractivity contribution in [1.29, 1.82) is 0 Å². The van der Waals surface area contributed by atoms with Crippen molar-refractivity contribution in [2.45, 2.75) is 58.2 Å². The van der Waals surface area contributed by atoms with E-state index in [4.69, 9.17) is 0 Å². The molecule has 0 amide bonds. The summed E-state index contributed by atoms with van der Waals surface area (Å²) in [6.45, 7) is 10.9. The van der Waals surface area contributed by atoms with E-state index < -0.39 is 0 Å². The molecule has 0 aromatic carbocycles. The number of aliphatic imine (C=N–C) groups is 1. The number of thioether (sulfide) groups is 1. The number of aromatic nitrogens is 3. The van der Waals surface area contributed by atoms with Crippen molar-refractivity contribution >= 4 is 17.7 Å². The predicted molar refractivity (Wildman–Crippen MR) is 106 cm³/mol. The average Bonchev–Trinajstić information content (AvgIpc) is 2.96. The van der Waals surface area contributed by atoms with E-state index in [2.05, 4.69) is 57.0 Å². The third-order valence-corrected chi connectivity index (χ3v) is 5.22.